The molecule has 2 aromatic rings. The van der Waals surface area contributed by atoms with Crippen LogP contribution < -0.4 is 10.1 Å². The van der Waals surface area contributed by atoms with Crippen molar-refractivity contribution in [2.45, 2.75) is 25.5 Å². The number of hydrogen-bond donors (Lipinski definition) is 1. The van der Waals surface area contributed by atoms with Crippen molar-refractivity contribution in [1.82, 2.24) is 4.90 Å². The van der Waals surface area contributed by atoms with E-state index >= 15 is 0 Å². The molecule has 1 saturated heterocycles. The molecule has 128 valence electrons. The summed E-state index contributed by atoms with van der Waals surface area (Å²) in [7, 11) is 0. The maximum Gasteiger partial charge on any atom is 0.387 e. The maximum atomic E-state index is 12.5. The summed E-state index contributed by atoms with van der Waals surface area (Å²) < 4.78 is 29.3. The first-order valence-corrected chi connectivity index (χ1v) is 8.63. The molecule has 4 nitrogen and oxygen atoms in total. The van der Waals surface area contributed by atoms with Crippen LogP contribution in [0, 0.1) is 0 Å². The number of halogens is 2. The van der Waals surface area contributed by atoms with Gasteiger partial charge in [-0.05, 0) is 36.4 Å². The smallest absolute Gasteiger partial charge is 0.387 e. The first kappa shape index (κ1) is 16.7. The third kappa shape index (κ3) is 3.84. The van der Waals surface area contributed by atoms with E-state index in [4.69, 9.17) is 0 Å². The number of anilines is 1. The number of carbonyl (C=O) groups excluding carboxylic acids is 1. The summed E-state index contributed by atoms with van der Waals surface area (Å²) in [6, 6.07) is 10.5. The lowest BCUT2D eigenvalue weighted by molar-refractivity contribution is -0.130. The van der Waals surface area contributed by atoms with Gasteiger partial charge in [0, 0.05) is 11.4 Å². The molecule has 1 atom stereocenters. The molecule has 3 rings (SSSR count). The minimum absolute atomic E-state index is 0.0385. The van der Waals surface area contributed by atoms with Crippen LogP contribution in [-0.4, -0.2) is 30.5 Å². The second-order valence-corrected chi connectivity index (χ2v) is 6.47. The van der Waals surface area contributed by atoms with Crippen molar-refractivity contribution < 1.29 is 18.3 Å². The van der Waals surface area contributed by atoms with Crippen LogP contribution in [0.25, 0.3) is 0 Å². The number of alkyl halides is 2. The van der Waals surface area contributed by atoms with Gasteiger partial charge >= 0.3 is 6.61 Å². The number of para-hydroxylation sites is 2. The predicted molar refractivity (Wildman–Crippen MR) is 89.6 cm³/mol. The van der Waals surface area contributed by atoms with E-state index < -0.39 is 6.61 Å². The van der Waals surface area contributed by atoms with Crippen molar-refractivity contribution in [3.05, 3.63) is 46.7 Å². The number of ether oxygens (including phenoxy) is 1. The Kier molecular flexibility index (Phi) is 5.30. The zero-order chi connectivity index (χ0) is 16.9. The number of nitrogens with one attached hydrogen (secondary N) is 1. The highest BCUT2D eigenvalue weighted by Gasteiger charge is 2.30. The van der Waals surface area contributed by atoms with Gasteiger partial charge in [-0.25, -0.2) is 0 Å². The summed E-state index contributed by atoms with van der Waals surface area (Å²) in [6.07, 6.45) is 1.93. The van der Waals surface area contributed by atoms with Gasteiger partial charge in [0.1, 0.15) is 5.75 Å². The number of amides is 1. The summed E-state index contributed by atoms with van der Waals surface area (Å²) in [5, 5.41) is 4.92. The molecular formula is C17H18F2N2O2S. The van der Waals surface area contributed by atoms with Crippen LogP contribution in [0.15, 0.2) is 41.8 Å². The fourth-order valence-electron chi connectivity index (χ4n) is 2.93. The largest absolute Gasteiger partial charge is 0.433 e. The molecule has 0 bridgehead atoms. The summed E-state index contributed by atoms with van der Waals surface area (Å²) >= 11 is 1.65. The Hall–Kier alpha value is -2.15. The third-order valence-corrected chi connectivity index (χ3v) is 4.95. The molecule has 1 fully saturated rings. The SMILES string of the molecule is O=C(CNc1ccccc1OC(F)F)N1CCCC1c1cccs1. The lowest BCUT2D eigenvalue weighted by Crippen LogP contribution is -2.34. The van der Waals surface area contributed by atoms with Gasteiger partial charge in [-0.15, -0.1) is 11.3 Å². The Balaban J connectivity index is 1.63. The predicted octanol–water partition coefficient (Wildman–Crippen LogP) is 4.13. The van der Waals surface area contributed by atoms with Crippen LogP contribution in [0.2, 0.25) is 0 Å². The van der Waals surface area contributed by atoms with Gasteiger partial charge in [-0.2, -0.15) is 8.78 Å². The fourth-order valence-corrected chi connectivity index (χ4v) is 3.80. The molecule has 1 aromatic heterocycles. The molecule has 7 heteroatoms. The highest BCUT2D eigenvalue weighted by molar-refractivity contribution is 7.10. The van der Waals surface area contributed by atoms with Gasteiger partial charge in [0.05, 0.1) is 18.3 Å². The zero-order valence-corrected chi connectivity index (χ0v) is 13.8. The molecule has 0 saturated carbocycles. The van der Waals surface area contributed by atoms with E-state index in [1.165, 1.54) is 10.9 Å². The quantitative estimate of drug-likeness (QED) is 0.850. The number of thiophene rings is 1. The lowest BCUT2D eigenvalue weighted by atomic mass is 10.2. The van der Waals surface area contributed by atoms with Crippen molar-refractivity contribution >= 4 is 22.9 Å². The minimum atomic E-state index is -2.90. The molecule has 1 amide bonds. The second kappa shape index (κ2) is 7.61. The molecule has 0 radical (unpaired) electrons. The second-order valence-electron chi connectivity index (χ2n) is 5.49. The van der Waals surface area contributed by atoms with E-state index in [0.717, 1.165) is 19.4 Å². The summed E-state index contributed by atoms with van der Waals surface area (Å²) in [6.45, 7) is -2.13. The molecule has 1 N–H and O–H groups in total. The topological polar surface area (TPSA) is 41.6 Å². The van der Waals surface area contributed by atoms with E-state index in [-0.39, 0.29) is 24.2 Å². The van der Waals surface area contributed by atoms with E-state index in [9.17, 15) is 13.6 Å². The normalized spacial score (nSPS) is 17.3. The number of rotatable bonds is 6. The first-order valence-electron chi connectivity index (χ1n) is 7.75. The molecule has 0 spiro atoms. The van der Waals surface area contributed by atoms with Gasteiger partial charge in [0.2, 0.25) is 5.91 Å². The Bertz CT molecular complexity index is 679. The average Bonchev–Trinajstić information content (AvgIpc) is 3.23. The van der Waals surface area contributed by atoms with E-state index in [1.807, 2.05) is 22.4 Å². The van der Waals surface area contributed by atoms with Gasteiger partial charge in [0.15, 0.2) is 0 Å². The first-order chi connectivity index (χ1) is 11.6. The molecular weight excluding hydrogens is 334 g/mol. The number of nitrogens with zero attached hydrogens (tertiary/aromatic N) is 1. The van der Waals surface area contributed by atoms with E-state index in [1.54, 1.807) is 29.5 Å². The molecule has 24 heavy (non-hydrogen) atoms. The van der Waals surface area contributed by atoms with Crippen LogP contribution in [0.5, 0.6) is 5.75 Å². The van der Waals surface area contributed by atoms with Crippen LogP contribution >= 0.6 is 11.3 Å². The van der Waals surface area contributed by atoms with Crippen LogP contribution in [-0.2, 0) is 4.79 Å². The fraction of sp³-hybridized carbons (Fsp3) is 0.353. The lowest BCUT2D eigenvalue weighted by Gasteiger charge is -2.24. The Morgan fingerprint density at radius 3 is 2.92 bits per heavy atom. The third-order valence-electron chi connectivity index (χ3n) is 3.98. The molecule has 1 aliphatic rings. The standard InChI is InChI=1S/C17H18F2N2O2S/c18-17(19)23-14-7-2-1-5-12(14)20-11-16(22)21-9-3-6-13(21)15-8-4-10-24-15/h1-2,4-5,7-8,10,13,17,20H,3,6,9,11H2. The van der Waals surface area contributed by atoms with E-state index in [2.05, 4.69) is 10.1 Å². The Morgan fingerprint density at radius 2 is 2.17 bits per heavy atom. The van der Waals surface area contributed by atoms with Crippen molar-refractivity contribution in [1.29, 1.82) is 0 Å². The van der Waals surface area contributed by atoms with Crippen LogP contribution in [0.1, 0.15) is 23.8 Å². The summed E-state index contributed by atoms with van der Waals surface area (Å²) in [4.78, 5) is 15.6. The average molecular weight is 352 g/mol. The van der Waals surface area contributed by atoms with Gasteiger partial charge in [-0.1, -0.05) is 18.2 Å². The highest BCUT2D eigenvalue weighted by atomic mass is 32.1. The van der Waals surface area contributed by atoms with Crippen molar-refractivity contribution in [3.8, 4) is 5.75 Å². The maximum absolute atomic E-state index is 12.5. The molecule has 2 heterocycles. The zero-order valence-electron chi connectivity index (χ0n) is 13.0. The Morgan fingerprint density at radius 1 is 1.33 bits per heavy atom. The van der Waals surface area contributed by atoms with Gasteiger partial charge < -0.3 is 15.0 Å². The highest BCUT2D eigenvalue weighted by Crippen LogP contribution is 2.34. The molecule has 0 aliphatic carbocycles. The molecule has 1 aromatic carbocycles. The summed E-state index contributed by atoms with van der Waals surface area (Å²) in [5.41, 5.74) is 0.387. The van der Waals surface area contributed by atoms with Gasteiger partial charge in [-0.3, -0.25) is 4.79 Å². The van der Waals surface area contributed by atoms with Crippen LogP contribution in [0.4, 0.5) is 14.5 Å². The van der Waals surface area contributed by atoms with Crippen molar-refractivity contribution in [2.24, 2.45) is 0 Å². The Labute approximate surface area is 143 Å². The number of benzene rings is 1. The summed E-state index contributed by atoms with van der Waals surface area (Å²) in [5.74, 6) is -0.00530. The van der Waals surface area contributed by atoms with Crippen LogP contribution in [0.3, 0.4) is 0 Å². The van der Waals surface area contributed by atoms with Crippen molar-refractivity contribution in [3.63, 3.8) is 0 Å². The molecule has 1 aliphatic heterocycles. The monoisotopic (exact) mass is 352 g/mol. The number of likely N-dealkylation sites (tertiary alicyclic amines) is 1. The van der Waals surface area contributed by atoms with Gasteiger partial charge in [0.25, 0.3) is 0 Å². The van der Waals surface area contributed by atoms with E-state index in [0.29, 0.717) is 5.69 Å². The number of carbonyl (C=O) groups is 1. The number of hydrogen-bond acceptors (Lipinski definition) is 4. The van der Waals surface area contributed by atoms with Crippen molar-refractivity contribution in [2.75, 3.05) is 18.4 Å². The molecule has 1 unspecified atom stereocenters. The minimum Gasteiger partial charge on any atom is -0.433 e.